The van der Waals surface area contributed by atoms with Gasteiger partial charge in [-0.15, -0.1) is 12.4 Å². The Morgan fingerprint density at radius 1 is 1.53 bits per heavy atom. The van der Waals surface area contributed by atoms with Crippen molar-refractivity contribution in [3.8, 4) is 0 Å². The molecular formula is C11H19ClN4O3. The van der Waals surface area contributed by atoms with E-state index in [2.05, 4.69) is 20.5 Å². The van der Waals surface area contributed by atoms with Crippen molar-refractivity contribution in [3.05, 3.63) is 12.3 Å². The zero-order valence-electron chi connectivity index (χ0n) is 11.2. The molecule has 1 rings (SSSR count). The van der Waals surface area contributed by atoms with Crippen LogP contribution in [0.3, 0.4) is 0 Å². The third-order valence-electron chi connectivity index (χ3n) is 2.37. The number of aromatic nitrogens is 2. The number of ether oxygens (including phenoxy) is 1. The number of methoxy groups -OCH3 is 1. The van der Waals surface area contributed by atoms with Gasteiger partial charge in [0.05, 0.1) is 7.11 Å². The maximum Gasteiger partial charge on any atom is 0.327 e. The number of anilines is 1. The van der Waals surface area contributed by atoms with Crippen LogP contribution in [-0.2, 0) is 20.9 Å². The molecule has 1 aromatic rings. The fraction of sp³-hybridized carbons (Fsp3) is 0.545. The Labute approximate surface area is 118 Å². The second-order valence-corrected chi connectivity index (χ2v) is 3.92. The summed E-state index contributed by atoms with van der Waals surface area (Å²) in [5.41, 5.74) is 0. The molecule has 1 heterocycles. The minimum absolute atomic E-state index is 0. The molecule has 0 fully saturated rings. The Kier molecular flexibility index (Phi) is 7.78. The van der Waals surface area contributed by atoms with E-state index in [4.69, 9.17) is 0 Å². The van der Waals surface area contributed by atoms with Crippen LogP contribution in [0.25, 0.3) is 0 Å². The van der Waals surface area contributed by atoms with E-state index in [-0.39, 0.29) is 36.7 Å². The lowest BCUT2D eigenvalue weighted by Gasteiger charge is -2.09. The number of hydrogen-bond acceptors (Lipinski definition) is 5. The van der Waals surface area contributed by atoms with E-state index in [1.165, 1.54) is 11.8 Å². The molecular weight excluding hydrogens is 272 g/mol. The molecule has 1 aromatic heterocycles. The van der Waals surface area contributed by atoms with Crippen LogP contribution in [0.1, 0.15) is 6.92 Å². The van der Waals surface area contributed by atoms with Gasteiger partial charge in [-0.25, -0.2) is 0 Å². The van der Waals surface area contributed by atoms with Crippen molar-refractivity contribution in [2.24, 2.45) is 5.92 Å². The topological polar surface area (TPSA) is 85.2 Å². The number of rotatable bonds is 6. The van der Waals surface area contributed by atoms with E-state index in [1.54, 1.807) is 19.3 Å². The minimum Gasteiger partial charge on any atom is -0.468 e. The van der Waals surface area contributed by atoms with Gasteiger partial charge in [0, 0.05) is 24.7 Å². The first-order chi connectivity index (χ1) is 8.56. The SMILES string of the molecule is CNCC(C)C(=O)Nc1ccn(CC(=O)OC)n1.Cl. The smallest absolute Gasteiger partial charge is 0.327 e. The maximum atomic E-state index is 11.7. The summed E-state index contributed by atoms with van der Waals surface area (Å²) in [6.45, 7) is 2.43. The van der Waals surface area contributed by atoms with E-state index in [1.807, 2.05) is 6.92 Å². The molecule has 1 atom stereocenters. The highest BCUT2D eigenvalue weighted by atomic mass is 35.5. The molecule has 0 saturated heterocycles. The minimum atomic E-state index is -0.389. The molecule has 108 valence electrons. The molecule has 0 saturated carbocycles. The van der Waals surface area contributed by atoms with Crippen molar-refractivity contribution in [2.45, 2.75) is 13.5 Å². The highest BCUT2D eigenvalue weighted by Gasteiger charge is 2.13. The average molecular weight is 291 g/mol. The van der Waals surface area contributed by atoms with E-state index < -0.39 is 0 Å². The molecule has 2 N–H and O–H groups in total. The number of carbonyl (C=O) groups excluding carboxylic acids is 2. The second-order valence-electron chi connectivity index (χ2n) is 3.92. The lowest BCUT2D eigenvalue weighted by atomic mass is 10.1. The van der Waals surface area contributed by atoms with Crippen LogP contribution >= 0.6 is 12.4 Å². The fourth-order valence-corrected chi connectivity index (χ4v) is 1.36. The molecule has 19 heavy (non-hydrogen) atoms. The molecule has 0 aliphatic carbocycles. The first kappa shape index (κ1) is 17.4. The molecule has 7 nitrogen and oxygen atoms in total. The normalized spacial score (nSPS) is 11.3. The predicted molar refractivity (Wildman–Crippen MR) is 73.2 cm³/mol. The van der Waals surface area contributed by atoms with Gasteiger partial charge in [0.2, 0.25) is 5.91 Å². The van der Waals surface area contributed by atoms with E-state index in [0.717, 1.165) is 0 Å². The predicted octanol–water partition coefficient (Wildman–Crippen LogP) is 0.272. The summed E-state index contributed by atoms with van der Waals surface area (Å²) in [5, 5.41) is 9.64. The Morgan fingerprint density at radius 2 is 2.21 bits per heavy atom. The summed E-state index contributed by atoms with van der Waals surface area (Å²) < 4.78 is 5.93. The molecule has 1 amide bonds. The molecule has 0 aromatic carbocycles. The Morgan fingerprint density at radius 3 is 2.79 bits per heavy atom. The van der Waals surface area contributed by atoms with Crippen molar-refractivity contribution < 1.29 is 14.3 Å². The number of nitrogens with zero attached hydrogens (tertiary/aromatic N) is 2. The van der Waals surface area contributed by atoms with Crippen LogP contribution in [0.2, 0.25) is 0 Å². The molecule has 0 aliphatic heterocycles. The largest absolute Gasteiger partial charge is 0.468 e. The monoisotopic (exact) mass is 290 g/mol. The number of nitrogens with one attached hydrogen (secondary N) is 2. The Hall–Kier alpha value is -1.60. The molecule has 1 unspecified atom stereocenters. The van der Waals surface area contributed by atoms with Crippen LogP contribution in [0.4, 0.5) is 5.82 Å². The number of amides is 1. The van der Waals surface area contributed by atoms with Crippen LogP contribution in [0.5, 0.6) is 0 Å². The van der Waals surface area contributed by atoms with Crippen LogP contribution in [0, 0.1) is 5.92 Å². The summed E-state index contributed by atoms with van der Waals surface area (Å²) >= 11 is 0. The third kappa shape index (κ3) is 5.71. The van der Waals surface area contributed by atoms with Gasteiger partial charge in [-0.3, -0.25) is 14.3 Å². The zero-order chi connectivity index (χ0) is 13.5. The molecule has 0 spiro atoms. The van der Waals surface area contributed by atoms with Crippen molar-refractivity contribution in [2.75, 3.05) is 26.0 Å². The van der Waals surface area contributed by atoms with E-state index in [9.17, 15) is 9.59 Å². The molecule has 0 radical (unpaired) electrons. The number of esters is 1. The number of halogens is 1. The third-order valence-corrected chi connectivity index (χ3v) is 2.37. The highest BCUT2D eigenvalue weighted by Crippen LogP contribution is 2.05. The van der Waals surface area contributed by atoms with Gasteiger partial charge in [0.15, 0.2) is 5.82 Å². The van der Waals surface area contributed by atoms with E-state index >= 15 is 0 Å². The van der Waals surface area contributed by atoms with Crippen LogP contribution in [-0.4, -0.2) is 42.4 Å². The lowest BCUT2D eigenvalue weighted by molar-refractivity contribution is -0.141. The Bertz CT molecular complexity index is 422. The fourth-order valence-electron chi connectivity index (χ4n) is 1.36. The van der Waals surface area contributed by atoms with Crippen molar-refractivity contribution >= 4 is 30.1 Å². The standard InChI is InChI=1S/C11H18N4O3.ClH/c1-8(6-12-2)11(17)13-9-4-5-15(14-9)7-10(16)18-3;/h4-5,8,12H,6-7H2,1-3H3,(H,13,14,17);1H. The molecule has 8 heteroatoms. The highest BCUT2D eigenvalue weighted by molar-refractivity contribution is 5.91. The summed E-state index contributed by atoms with van der Waals surface area (Å²) in [5.74, 6) is -0.236. The first-order valence-electron chi connectivity index (χ1n) is 5.62. The summed E-state index contributed by atoms with van der Waals surface area (Å²) in [6.07, 6.45) is 1.61. The van der Waals surface area contributed by atoms with Crippen LogP contribution < -0.4 is 10.6 Å². The molecule has 0 bridgehead atoms. The van der Waals surface area contributed by atoms with Crippen LogP contribution in [0.15, 0.2) is 12.3 Å². The van der Waals surface area contributed by atoms with Gasteiger partial charge in [-0.2, -0.15) is 5.10 Å². The number of hydrogen-bond donors (Lipinski definition) is 2. The van der Waals surface area contributed by atoms with Gasteiger partial charge in [0.25, 0.3) is 0 Å². The van der Waals surface area contributed by atoms with Crippen molar-refractivity contribution in [3.63, 3.8) is 0 Å². The quantitative estimate of drug-likeness (QED) is 0.735. The van der Waals surface area contributed by atoms with Crippen molar-refractivity contribution in [1.29, 1.82) is 0 Å². The van der Waals surface area contributed by atoms with Gasteiger partial charge in [0.1, 0.15) is 6.54 Å². The molecule has 0 aliphatic rings. The second kappa shape index (κ2) is 8.49. The van der Waals surface area contributed by atoms with Crippen molar-refractivity contribution in [1.82, 2.24) is 15.1 Å². The van der Waals surface area contributed by atoms with Gasteiger partial charge in [-0.05, 0) is 7.05 Å². The summed E-state index contributed by atoms with van der Waals surface area (Å²) in [4.78, 5) is 22.7. The average Bonchev–Trinajstić information content (AvgIpc) is 2.76. The van der Waals surface area contributed by atoms with Gasteiger partial charge >= 0.3 is 5.97 Å². The van der Waals surface area contributed by atoms with Gasteiger partial charge in [-0.1, -0.05) is 6.92 Å². The summed E-state index contributed by atoms with van der Waals surface area (Å²) in [6, 6.07) is 1.63. The number of carbonyl (C=O) groups is 2. The Balaban J connectivity index is 0.00000324. The summed E-state index contributed by atoms with van der Waals surface area (Å²) in [7, 11) is 3.10. The van der Waals surface area contributed by atoms with E-state index in [0.29, 0.717) is 12.4 Å². The first-order valence-corrected chi connectivity index (χ1v) is 5.62. The maximum absolute atomic E-state index is 11.7. The van der Waals surface area contributed by atoms with Gasteiger partial charge < -0.3 is 15.4 Å². The zero-order valence-corrected chi connectivity index (χ0v) is 12.0. The lowest BCUT2D eigenvalue weighted by Crippen LogP contribution is -2.28.